The van der Waals surface area contributed by atoms with Gasteiger partial charge in [0.05, 0.1) is 16.6 Å². The van der Waals surface area contributed by atoms with Gasteiger partial charge in [-0.25, -0.2) is 4.99 Å². The third-order valence-electron chi connectivity index (χ3n) is 13.0. The van der Waals surface area contributed by atoms with E-state index in [9.17, 15) is 0 Å². The summed E-state index contributed by atoms with van der Waals surface area (Å²) in [5.41, 5.74) is 9.18. The third kappa shape index (κ3) is 4.96. The maximum atomic E-state index is 5.53. The van der Waals surface area contributed by atoms with Crippen LogP contribution < -0.4 is 0 Å². The zero-order chi connectivity index (χ0) is 36.7. The van der Waals surface area contributed by atoms with Crippen molar-refractivity contribution in [3.8, 4) is 5.69 Å². The molecule has 4 aliphatic rings. The molecule has 0 saturated heterocycles. The normalized spacial score (nSPS) is 27.5. The molecule has 1 aliphatic heterocycles. The van der Waals surface area contributed by atoms with Crippen LogP contribution >= 0.6 is 0 Å². The SMILES string of the molecule is CC1C=CC=CC1C1=NC(c2ccc(-n3c4c(c5ccccc53)CC(C)(n3c5ccccc5c5ccccc53)C=C4)cc2)=NC(C)(C2(C)C=CC=CC2)C1. The zero-order valence-corrected chi connectivity index (χ0v) is 31.6. The number of aliphatic imine (C=N–C) groups is 2. The molecule has 0 saturated carbocycles. The van der Waals surface area contributed by atoms with Crippen LogP contribution in [0.4, 0.5) is 0 Å². The second kappa shape index (κ2) is 12.1. The van der Waals surface area contributed by atoms with Gasteiger partial charge >= 0.3 is 0 Å². The number of nitrogens with zero attached hydrogens (tertiary/aromatic N) is 4. The molecule has 5 atom stereocenters. The summed E-state index contributed by atoms with van der Waals surface area (Å²) in [4.78, 5) is 10.9. The Bertz CT molecular complexity index is 2650. The number of para-hydroxylation sites is 3. The van der Waals surface area contributed by atoms with Crippen molar-refractivity contribution in [2.24, 2.45) is 27.2 Å². The van der Waals surface area contributed by atoms with Gasteiger partial charge in [0, 0.05) is 74.0 Å². The summed E-state index contributed by atoms with van der Waals surface area (Å²) in [6.45, 7) is 9.39. The van der Waals surface area contributed by atoms with Gasteiger partial charge in [-0.1, -0.05) is 123 Å². The molecule has 0 fully saturated rings. The van der Waals surface area contributed by atoms with Crippen molar-refractivity contribution in [3.63, 3.8) is 0 Å². The Labute approximate surface area is 318 Å². The standard InChI is InChI=1S/C50H46N4/c1-34-16-6-7-17-37(34)42-33-50(4,48(2)29-14-5-15-30-48)52-47(51-42)35-24-26-36(27-25-35)53-43-21-11-8-20-40(43)41-32-49(3,31-28-44(41)53)54-45-22-12-9-18-38(45)39-19-10-13-23-46(39)54/h5-29,31,34,37H,30,32-33H2,1-4H3. The van der Waals surface area contributed by atoms with E-state index in [1.165, 1.54) is 49.7 Å². The van der Waals surface area contributed by atoms with E-state index < -0.39 is 0 Å². The smallest absolute Gasteiger partial charge is 0.155 e. The maximum Gasteiger partial charge on any atom is 0.155 e. The Kier molecular flexibility index (Phi) is 7.39. The van der Waals surface area contributed by atoms with Crippen molar-refractivity contribution in [1.82, 2.24) is 9.13 Å². The van der Waals surface area contributed by atoms with Crippen LogP contribution in [0.15, 0.2) is 162 Å². The lowest BCUT2D eigenvalue weighted by molar-refractivity contribution is 0.228. The number of benzene rings is 4. The summed E-state index contributed by atoms with van der Waals surface area (Å²) in [7, 11) is 0. The summed E-state index contributed by atoms with van der Waals surface area (Å²) >= 11 is 0. The van der Waals surface area contributed by atoms with Gasteiger partial charge in [0.2, 0.25) is 0 Å². The highest BCUT2D eigenvalue weighted by Gasteiger charge is 2.46. The van der Waals surface area contributed by atoms with E-state index in [1.807, 2.05) is 0 Å². The first kappa shape index (κ1) is 32.9. The van der Waals surface area contributed by atoms with Gasteiger partial charge in [-0.2, -0.15) is 0 Å². The molecule has 4 nitrogen and oxygen atoms in total. The predicted octanol–water partition coefficient (Wildman–Crippen LogP) is 12.0. The summed E-state index contributed by atoms with van der Waals surface area (Å²) in [6, 6.07) is 35.6. The van der Waals surface area contributed by atoms with E-state index in [1.54, 1.807) is 0 Å². The Morgan fingerprint density at radius 2 is 1.33 bits per heavy atom. The molecule has 54 heavy (non-hydrogen) atoms. The van der Waals surface area contributed by atoms with Crippen LogP contribution in [0.1, 0.15) is 57.4 Å². The van der Waals surface area contributed by atoms with Gasteiger partial charge in [0.25, 0.3) is 0 Å². The summed E-state index contributed by atoms with van der Waals surface area (Å²) in [5.74, 6) is 1.50. The van der Waals surface area contributed by atoms with Gasteiger partial charge < -0.3 is 9.13 Å². The van der Waals surface area contributed by atoms with E-state index in [-0.39, 0.29) is 22.4 Å². The van der Waals surface area contributed by atoms with Gasteiger partial charge in [-0.3, -0.25) is 4.99 Å². The number of fused-ring (bicyclic) bond motifs is 6. The molecule has 0 spiro atoms. The van der Waals surface area contributed by atoms with Gasteiger partial charge in [-0.15, -0.1) is 0 Å². The van der Waals surface area contributed by atoms with Crippen LogP contribution in [0, 0.1) is 17.3 Å². The van der Waals surface area contributed by atoms with E-state index in [0.717, 1.165) is 36.3 Å². The largest absolute Gasteiger partial charge is 0.331 e. The van der Waals surface area contributed by atoms with E-state index in [0.29, 0.717) is 5.92 Å². The molecule has 0 amide bonds. The van der Waals surface area contributed by atoms with Crippen LogP contribution in [0.5, 0.6) is 0 Å². The molecule has 4 aromatic carbocycles. The maximum absolute atomic E-state index is 5.53. The third-order valence-corrected chi connectivity index (χ3v) is 13.0. The Hall–Kier alpha value is -5.74. The van der Waals surface area contributed by atoms with Crippen LogP contribution in [0.2, 0.25) is 0 Å². The highest BCUT2D eigenvalue weighted by Crippen LogP contribution is 2.47. The Morgan fingerprint density at radius 3 is 2.02 bits per heavy atom. The number of hydrogen-bond donors (Lipinski definition) is 0. The number of aromatic nitrogens is 2. The van der Waals surface area contributed by atoms with E-state index in [4.69, 9.17) is 9.98 Å². The Morgan fingerprint density at radius 1 is 0.667 bits per heavy atom. The number of rotatable bonds is 5. The minimum Gasteiger partial charge on any atom is -0.331 e. The fourth-order valence-electron chi connectivity index (χ4n) is 9.76. The zero-order valence-electron chi connectivity index (χ0n) is 31.6. The molecule has 10 rings (SSSR count). The topological polar surface area (TPSA) is 34.6 Å². The first-order valence-corrected chi connectivity index (χ1v) is 19.5. The van der Waals surface area contributed by atoms with Crippen molar-refractivity contribution in [1.29, 1.82) is 0 Å². The Balaban J connectivity index is 1.06. The van der Waals surface area contributed by atoms with Crippen LogP contribution in [-0.4, -0.2) is 26.2 Å². The molecule has 0 bridgehead atoms. The molecule has 6 aromatic rings. The lowest BCUT2D eigenvalue weighted by Crippen LogP contribution is -2.47. The van der Waals surface area contributed by atoms with Crippen molar-refractivity contribution >= 4 is 50.3 Å². The second-order valence-electron chi connectivity index (χ2n) is 16.6. The van der Waals surface area contributed by atoms with Crippen LogP contribution in [0.25, 0.3) is 44.5 Å². The fraction of sp³-hybridized carbons (Fsp3) is 0.240. The lowest BCUT2D eigenvalue weighted by atomic mass is 9.64. The molecule has 2 aromatic heterocycles. The minimum absolute atomic E-state index is 0.102. The first-order valence-electron chi connectivity index (χ1n) is 19.5. The highest BCUT2D eigenvalue weighted by molar-refractivity contribution is 6.11. The van der Waals surface area contributed by atoms with Crippen molar-refractivity contribution in [2.75, 3.05) is 0 Å². The second-order valence-corrected chi connectivity index (χ2v) is 16.6. The average Bonchev–Trinajstić information content (AvgIpc) is 3.71. The molecule has 3 aliphatic carbocycles. The lowest BCUT2D eigenvalue weighted by Gasteiger charge is -2.45. The van der Waals surface area contributed by atoms with Gasteiger partial charge in [-0.05, 0) is 80.3 Å². The van der Waals surface area contributed by atoms with Crippen molar-refractivity contribution in [3.05, 3.63) is 169 Å². The minimum atomic E-state index is -0.322. The molecule has 0 radical (unpaired) electrons. The van der Waals surface area contributed by atoms with Gasteiger partial charge in [0.1, 0.15) is 0 Å². The van der Waals surface area contributed by atoms with Crippen molar-refractivity contribution < 1.29 is 0 Å². The van der Waals surface area contributed by atoms with E-state index >= 15 is 0 Å². The summed E-state index contributed by atoms with van der Waals surface area (Å²) in [6.07, 6.45) is 25.5. The number of allylic oxidation sites excluding steroid dienone is 8. The molecule has 4 heteroatoms. The van der Waals surface area contributed by atoms with Gasteiger partial charge in [0.15, 0.2) is 5.84 Å². The summed E-state index contributed by atoms with van der Waals surface area (Å²) < 4.78 is 5.00. The predicted molar refractivity (Wildman–Crippen MR) is 228 cm³/mol. The molecule has 3 heterocycles. The number of amidine groups is 1. The average molecular weight is 703 g/mol. The van der Waals surface area contributed by atoms with E-state index in [2.05, 4.69) is 195 Å². The quantitative estimate of drug-likeness (QED) is 0.171. The highest BCUT2D eigenvalue weighted by atomic mass is 15.1. The first-order chi connectivity index (χ1) is 26.3. The fourth-order valence-corrected chi connectivity index (χ4v) is 9.76. The molecular formula is C50H46N4. The molecular weight excluding hydrogens is 657 g/mol. The van der Waals surface area contributed by atoms with Crippen molar-refractivity contribution in [2.45, 2.75) is 58.0 Å². The number of hydrogen-bond acceptors (Lipinski definition) is 2. The molecule has 5 unspecified atom stereocenters. The van der Waals surface area contributed by atoms with Crippen LogP contribution in [0.3, 0.4) is 0 Å². The molecule has 266 valence electrons. The van der Waals surface area contributed by atoms with Crippen LogP contribution in [-0.2, 0) is 12.0 Å². The molecule has 0 N–H and O–H groups in total. The summed E-state index contributed by atoms with van der Waals surface area (Å²) in [5, 5.41) is 3.91. The monoisotopic (exact) mass is 702 g/mol.